The molecule has 6 aromatic rings. The van der Waals surface area contributed by atoms with Crippen LogP contribution in [0.4, 0.5) is 0 Å². The molecule has 5 heterocycles. The van der Waals surface area contributed by atoms with Crippen molar-refractivity contribution in [1.82, 2.24) is 33.9 Å². The molecule has 0 unspecified atom stereocenters. The Morgan fingerprint density at radius 1 is 0.974 bits per heavy atom. The smallest absolute Gasteiger partial charge is 0.329 e. The van der Waals surface area contributed by atoms with Gasteiger partial charge in [-0.3, -0.25) is 13.8 Å². The van der Waals surface area contributed by atoms with Gasteiger partial charge in [-0.1, -0.05) is 18.9 Å². The molecule has 9 heteroatoms. The SMILES string of the molecule is CC(C)Oc1ccc(-c2[nH]c3ncc4c(c3c2-c2ccc3c(cnn3C)c2)n(C2CCCC2)c(=O)n4C)cn1. The van der Waals surface area contributed by atoms with Gasteiger partial charge in [0, 0.05) is 48.9 Å². The molecular weight excluding hydrogens is 490 g/mol. The fourth-order valence-electron chi connectivity index (χ4n) is 6.14. The average Bonchev–Trinajstić information content (AvgIpc) is 3.71. The molecule has 0 amide bonds. The Labute approximate surface area is 225 Å². The van der Waals surface area contributed by atoms with Gasteiger partial charge in [0.25, 0.3) is 0 Å². The number of ether oxygens (including phenoxy) is 1. The van der Waals surface area contributed by atoms with Gasteiger partial charge in [-0.2, -0.15) is 5.10 Å². The Hall–Kier alpha value is -4.40. The predicted octanol–water partition coefficient (Wildman–Crippen LogP) is 5.73. The maximum Gasteiger partial charge on any atom is 0.329 e. The zero-order valence-corrected chi connectivity index (χ0v) is 22.6. The monoisotopic (exact) mass is 521 g/mol. The Balaban J connectivity index is 1.56. The number of hydrogen-bond acceptors (Lipinski definition) is 5. The molecule has 1 aliphatic carbocycles. The molecule has 1 N–H and O–H groups in total. The van der Waals surface area contributed by atoms with Crippen LogP contribution < -0.4 is 10.4 Å². The minimum absolute atomic E-state index is 0.0134. The zero-order valence-electron chi connectivity index (χ0n) is 22.6. The molecule has 0 aliphatic heterocycles. The third kappa shape index (κ3) is 3.67. The van der Waals surface area contributed by atoms with Crippen LogP contribution >= 0.6 is 0 Å². The Morgan fingerprint density at radius 2 is 1.77 bits per heavy atom. The number of imidazole rings is 1. The number of hydrogen-bond donors (Lipinski definition) is 1. The van der Waals surface area contributed by atoms with Crippen LogP contribution in [0.2, 0.25) is 0 Å². The number of pyridine rings is 2. The van der Waals surface area contributed by atoms with Crippen LogP contribution in [0.25, 0.3) is 55.4 Å². The van der Waals surface area contributed by atoms with Crippen molar-refractivity contribution in [2.45, 2.75) is 51.7 Å². The summed E-state index contributed by atoms with van der Waals surface area (Å²) in [5, 5.41) is 6.46. The molecule has 0 radical (unpaired) electrons. The number of benzene rings is 1. The van der Waals surface area contributed by atoms with E-state index in [9.17, 15) is 4.79 Å². The lowest BCUT2D eigenvalue weighted by Crippen LogP contribution is -2.24. The van der Waals surface area contributed by atoms with Gasteiger partial charge in [-0.05, 0) is 50.5 Å². The van der Waals surface area contributed by atoms with Crippen molar-refractivity contribution in [2.24, 2.45) is 14.1 Å². The molecule has 9 nitrogen and oxygen atoms in total. The molecule has 198 valence electrons. The second-order valence-electron chi connectivity index (χ2n) is 10.8. The second kappa shape index (κ2) is 8.83. The van der Waals surface area contributed by atoms with Crippen LogP contribution in [0, 0.1) is 0 Å². The molecule has 0 bridgehead atoms. The van der Waals surface area contributed by atoms with Gasteiger partial charge in [0.2, 0.25) is 5.88 Å². The first-order valence-electron chi connectivity index (χ1n) is 13.6. The second-order valence-corrected chi connectivity index (χ2v) is 10.8. The molecule has 0 spiro atoms. The van der Waals surface area contributed by atoms with Gasteiger partial charge < -0.3 is 9.72 Å². The summed E-state index contributed by atoms with van der Waals surface area (Å²) >= 11 is 0. The minimum Gasteiger partial charge on any atom is -0.475 e. The predicted molar refractivity (Wildman–Crippen MR) is 153 cm³/mol. The lowest BCUT2D eigenvalue weighted by molar-refractivity contribution is 0.232. The molecule has 7 rings (SSSR count). The van der Waals surface area contributed by atoms with Crippen molar-refractivity contribution in [1.29, 1.82) is 0 Å². The molecule has 0 atom stereocenters. The van der Waals surface area contributed by atoms with Crippen molar-refractivity contribution in [3.05, 3.63) is 59.4 Å². The van der Waals surface area contributed by atoms with Gasteiger partial charge in [0.1, 0.15) is 5.65 Å². The molecule has 0 saturated heterocycles. The summed E-state index contributed by atoms with van der Waals surface area (Å²) in [6.45, 7) is 3.97. The van der Waals surface area contributed by atoms with Crippen LogP contribution in [-0.4, -0.2) is 40.0 Å². The van der Waals surface area contributed by atoms with E-state index in [1.807, 2.05) is 67.9 Å². The number of fused-ring (bicyclic) bond motifs is 4. The number of aryl methyl sites for hydroxylation is 2. The van der Waals surface area contributed by atoms with E-state index in [1.165, 1.54) is 0 Å². The number of H-pyrrole nitrogens is 1. The zero-order chi connectivity index (χ0) is 26.8. The van der Waals surface area contributed by atoms with Crippen LogP contribution in [0.15, 0.2) is 53.7 Å². The number of aromatic amines is 1. The first kappa shape index (κ1) is 23.7. The Bertz CT molecular complexity index is 1920. The van der Waals surface area contributed by atoms with E-state index >= 15 is 0 Å². The molecular formula is C30H31N7O2. The summed E-state index contributed by atoms with van der Waals surface area (Å²) in [7, 11) is 3.79. The van der Waals surface area contributed by atoms with E-state index in [-0.39, 0.29) is 17.8 Å². The van der Waals surface area contributed by atoms with Crippen LogP contribution in [0.3, 0.4) is 0 Å². The molecule has 1 aromatic carbocycles. The fraction of sp³-hybridized carbons (Fsp3) is 0.333. The van der Waals surface area contributed by atoms with Crippen LogP contribution in [0.1, 0.15) is 45.6 Å². The lowest BCUT2D eigenvalue weighted by atomic mass is 9.98. The maximum absolute atomic E-state index is 13.6. The molecule has 1 aliphatic rings. The summed E-state index contributed by atoms with van der Waals surface area (Å²) in [4.78, 5) is 26.6. The summed E-state index contributed by atoms with van der Waals surface area (Å²) in [6, 6.07) is 10.5. The van der Waals surface area contributed by atoms with Crippen LogP contribution in [-0.2, 0) is 14.1 Å². The Morgan fingerprint density at radius 3 is 2.51 bits per heavy atom. The standard InChI is InChI=1S/C30H31N7O2/c1-17(2)39-24-12-10-19(14-31-24)27-25(18-9-11-22-20(13-18)15-33-36(22)4)26-28-23(16-32-29(26)34-27)35(3)30(38)37(28)21-7-5-6-8-21/h9-17,21H,5-8H2,1-4H3,(H,32,34). The average molecular weight is 522 g/mol. The number of nitrogens with zero attached hydrogens (tertiary/aromatic N) is 6. The molecule has 39 heavy (non-hydrogen) atoms. The normalized spacial score (nSPS) is 14.5. The van der Waals surface area contributed by atoms with Gasteiger partial charge in [-0.25, -0.2) is 14.8 Å². The highest BCUT2D eigenvalue weighted by molar-refractivity contribution is 6.14. The largest absolute Gasteiger partial charge is 0.475 e. The number of aromatic nitrogens is 7. The summed E-state index contributed by atoms with van der Waals surface area (Å²) in [6.07, 6.45) is 9.88. The van der Waals surface area contributed by atoms with E-state index in [0.29, 0.717) is 5.88 Å². The third-order valence-corrected chi connectivity index (χ3v) is 7.98. The summed E-state index contributed by atoms with van der Waals surface area (Å²) in [5.41, 5.74) is 7.47. The first-order valence-corrected chi connectivity index (χ1v) is 13.6. The topological polar surface area (TPSA) is 95.5 Å². The quantitative estimate of drug-likeness (QED) is 0.312. The molecule has 5 aromatic heterocycles. The number of rotatable bonds is 5. The van der Waals surface area contributed by atoms with E-state index < -0.39 is 0 Å². The van der Waals surface area contributed by atoms with Gasteiger partial charge >= 0.3 is 5.69 Å². The number of nitrogens with one attached hydrogen (secondary N) is 1. The Kier molecular flexibility index (Phi) is 5.36. The highest BCUT2D eigenvalue weighted by Crippen LogP contribution is 2.43. The molecule has 1 saturated carbocycles. The van der Waals surface area contributed by atoms with Gasteiger partial charge in [-0.15, -0.1) is 0 Å². The van der Waals surface area contributed by atoms with Crippen molar-refractivity contribution >= 4 is 33.0 Å². The van der Waals surface area contributed by atoms with Crippen molar-refractivity contribution in [3.8, 4) is 28.3 Å². The van der Waals surface area contributed by atoms with E-state index in [1.54, 1.807) is 4.57 Å². The van der Waals surface area contributed by atoms with E-state index in [0.717, 1.165) is 81.0 Å². The highest BCUT2D eigenvalue weighted by Gasteiger charge is 2.27. The van der Waals surface area contributed by atoms with Gasteiger partial charge in [0.05, 0.1) is 46.1 Å². The van der Waals surface area contributed by atoms with E-state index in [2.05, 4.69) is 33.3 Å². The lowest BCUT2D eigenvalue weighted by Gasteiger charge is -2.13. The van der Waals surface area contributed by atoms with Crippen molar-refractivity contribution in [3.63, 3.8) is 0 Å². The first-order chi connectivity index (χ1) is 18.9. The van der Waals surface area contributed by atoms with Crippen LogP contribution in [0.5, 0.6) is 5.88 Å². The summed E-state index contributed by atoms with van der Waals surface area (Å²) in [5.74, 6) is 0.585. The van der Waals surface area contributed by atoms with Crippen molar-refractivity contribution in [2.75, 3.05) is 0 Å². The fourth-order valence-corrected chi connectivity index (χ4v) is 6.14. The minimum atomic E-state index is 0.0134. The highest BCUT2D eigenvalue weighted by atomic mass is 16.5. The summed E-state index contributed by atoms with van der Waals surface area (Å²) < 4.78 is 11.4. The van der Waals surface area contributed by atoms with E-state index in [4.69, 9.17) is 9.72 Å². The maximum atomic E-state index is 13.6. The van der Waals surface area contributed by atoms with Gasteiger partial charge in [0.15, 0.2) is 0 Å². The third-order valence-electron chi connectivity index (χ3n) is 7.98. The molecule has 1 fully saturated rings. The van der Waals surface area contributed by atoms with Crippen molar-refractivity contribution < 1.29 is 4.74 Å².